The highest BCUT2D eigenvalue weighted by atomic mass is 32.1. The number of hydrogen-bond donors (Lipinski definition) is 1. The third-order valence-corrected chi connectivity index (χ3v) is 4.88. The normalized spacial score (nSPS) is 23.5. The molecule has 28 heavy (non-hydrogen) atoms. The summed E-state index contributed by atoms with van der Waals surface area (Å²) in [6.07, 6.45) is -0.653. The van der Waals surface area contributed by atoms with E-state index < -0.39 is 18.1 Å². The van der Waals surface area contributed by atoms with Crippen LogP contribution in [0, 0.1) is 17.1 Å². The molecule has 3 rings (SSSR count). The van der Waals surface area contributed by atoms with E-state index in [2.05, 4.69) is 5.32 Å². The quantitative estimate of drug-likeness (QED) is 0.612. The van der Waals surface area contributed by atoms with Crippen molar-refractivity contribution < 1.29 is 18.3 Å². The Bertz CT molecular complexity index is 855. The number of halogens is 2. The van der Waals surface area contributed by atoms with E-state index in [1.807, 2.05) is 6.07 Å². The van der Waals surface area contributed by atoms with Crippen LogP contribution in [0.4, 0.5) is 25.0 Å². The Morgan fingerprint density at radius 2 is 2.29 bits per heavy atom. The minimum atomic E-state index is -1.31. The number of allylic oxidation sites excluding steroid dienone is 1. The molecule has 0 spiro atoms. The first kappa shape index (κ1) is 20.0. The number of cyclic esters (lactones) is 1. The molecule has 1 N–H and O–H groups in total. The molecule has 9 heteroatoms. The van der Waals surface area contributed by atoms with Crippen LogP contribution in [0.2, 0.25) is 0 Å². The van der Waals surface area contributed by atoms with E-state index >= 15 is 0 Å². The summed E-state index contributed by atoms with van der Waals surface area (Å²) >= 11 is 4.94. The second-order valence-corrected chi connectivity index (χ2v) is 7.31. The van der Waals surface area contributed by atoms with Crippen LogP contribution >= 0.6 is 12.2 Å². The van der Waals surface area contributed by atoms with E-state index in [1.54, 1.807) is 17.9 Å². The summed E-state index contributed by atoms with van der Waals surface area (Å²) in [4.78, 5) is 15.7. The first-order chi connectivity index (χ1) is 13.4. The maximum atomic E-state index is 14.7. The van der Waals surface area contributed by atoms with Gasteiger partial charge < -0.3 is 15.0 Å². The number of alkyl halides is 1. The van der Waals surface area contributed by atoms with Gasteiger partial charge in [-0.3, -0.25) is 4.90 Å². The van der Waals surface area contributed by atoms with Crippen LogP contribution in [-0.2, 0) is 4.74 Å². The smallest absolute Gasteiger partial charge is 0.414 e. The first-order valence-corrected chi connectivity index (χ1v) is 9.29. The first-order valence-electron chi connectivity index (χ1n) is 8.88. The van der Waals surface area contributed by atoms with E-state index in [0.29, 0.717) is 35.8 Å². The summed E-state index contributed by atoms with van der Waals surface area (Å²) in [5.41, 5.74) is 1.08. The van der Waals surface area contributed by atoms with E-state index in [4.69, 9.17) is 22.2 Å². The topological polar surface area (TPSA) is 68.6 Å². The number of nitrogens with one attached hydrogen (secondary N) is 1. The average Bonchev–Trinajstić information content (AvgIpc) is 3.02. The lowest BCUT2D eigenvalue weighted by Crippen LogP contribution is -2.38. The molecule has 148 valence electrons. The number of benzene rings is 1. The minimum Gasteiger partial charge on any atom is -0.442 e. The molecule has 1 unspecified atom stereocenters. The molecular formula is C19H20F2N4O2S. The summed E-state index contributed by atoms with van der Waals surface area (Å²) in [7, 11) is 0. The zero-order valence-corrected chi connectivity index (χ0v) is 16.1. The van der Waals surface area contributed by atoms with Gasteiger partial charge in [-0.15, -0.1) is 0 Å². The van der Waals surface area contributed by atoms with Crippen LogP contribution in [0.15, 0.2) is 29.8 Å². The van der Waals surface area contributed by atoms with Crippen LogP contribution in [0.5, 0.6) is 0 Å². The molecule has 2 aliphatic rings. The largest absolute Gasteiger partial charge is 0.442 e. The van der Waals surface area contributed by atoms with Gasteiger partial charge >= 0.3 is 6.09 Å². The zero-order valence-electron chi connectivity index (χ0n) is 15.3. The average molecular weight is 406 g/mol. The van der Waals surface area contributed by atoms with E-state index in [0.717, 1.165) is 0 Å². The second kappa shape index (κ2) is 8.52. The number of carbonyl (C=O) groups excluding carboxylic acids is 1. The number of amides is 1. The van der Waals surface area contributed by atoms with Crippen LogP contribution in [0.25, 0.3) is 0 Å². The highest BCUT2D eigenvalue weighted by Gasteiger charge is 2.33. The Balaban J connectivity index is 1.69. The number of hydrogen-bond acceptors (Lipinski definition) is 5. The molecule has 1 amide bonds. The number of thiocarbonyl (C=S) groups is 1. The monoisotopic (exact) mass is 406 g/mol. The molecule has 0 radical (unpaired) electrons. The number of nitriles is 1. The molecule has 2 saturated heterocycles. The SMILES string of the molecule is CC(=S)NC[C@H]1CN(c2ccc(N3CCC(=CC#N)C(F)C3)c(F)c2)C(=O)O1. The van der Waals surface area contributed by atoms with E-state index in [1.165, 1.54) is 23.1 Å². The highest BCUT2D eigenvalue weighted by Crippen LogP contribution is 2.31. The lowest BCUT2D eigenvalue weighted by molar-refractivity contribution is 0.143. The minimum absolute atomic E-state index is 0.0137. The van der Waals surface area contributed by atoms with Gasteiger partial charge in [0.2, 0.25) is 0 Å². The standard InChI is InChI=1S/C19H20F2N4O2S/c1-12(28)23-9-15-10-25(19(26)27-15)14-2-3-18(16(20)8-14)24-7-5-13(4-6-22)17(21)11-24/h2-4,8,15,17H,5,7,9-11H2,1H3,(H,23,28)/t15-,17?/m0/s1. The second-order valence-electron chi connectivity index (χ2n) is 6.70. The van der Waals surface area contributed by atoms with Gasteiger partial charge in [-0.25, -0.2) is 13.6 Å². The van der Waals surface area contributed by atoms with Crippen LogP contribution < -0.4 is 15.1 Å². The molecule has 0 aliphatic carbocycles. The molecule has 2 fully saturated rings. The zero-order chi connectivity index (χ0) is 20.3. The van der Waals surface area contributed by atoms with Crippen molar-refractivity contribution in [3.8, 4) is 6.07 Å². The van der Waals surface area contributed by atoms with Crippen molar-refractivity contribution in [3.63, 3.8) is 0 Å². The van der Waals surface area contributed by atoms with Gasteiger partial charge in [0.1, 0.15) is 18.1 Å². The maximum Gasteiger partial charge on any atom is 0.414 e. The number of rotatable bonds is 4. The predicted octanol–water partition coefficient (Wildman–Crippen LogP) is 3.09. The summed E-state index contributed by atoms with van der Waals surface area (Å²) in [5, 5.41) is 11.6. The van der Waals surface area contributed by atoms with Gasteiger partial charge in [-0.1, -0.05) is 12.2 Å². The lowest BCUT2D eigenvalue weighted by Gasteiger charge is -2.32. The summed E-state index contributed by atoms with van der Waals surface area (Å²) < 4.78 is 34.1. The van der Waals surface area contributed by atoms with Gasteiger partial charge in [-0.05, 0) is 37.1 Å². The molecule has 1 aromatic carbocycles. The molecule has 0 bridgehead atoms. The molecular weight excluding hydrogens is 386 g/mol. The van der Waals surface area contributed by atoms with E-state index in [-0.39, 0.29) is 24.9 Å². The third-order valence-electron chi connectivity index (χ3n) is 4.74. The van der Waals surface area contributed by atoms with Crippen molar-refractivity contribution in [2.24, 2.45) is 0 Å². The van der Waals surface area contributed by atoms with Gasteiger partial charge in [0.05, 0.1) is 42.1 Å². The van der Waals surface area contributed by atoms with Gasteiger partial charge in [0.15, 0.2) is 0 Å². The number of anilines is 2. The van der Waals surface area contributed by atoms with Crippen molar-refractivity contribution in [1.82, 2.24) is 5.32 Å². The fourth-order valence-corrected chi connectivity index (χ4v) is 3.39. The van der Waals surface area contributed by atoms with Gasteiger partial charge in [-0.2, -0.15) is 5.26 Å². The van der Waals surface area contributed by atoms with Crippen molar-refractivity contribution >= 4 is 34.7 Å². The number of ether oxygens (including phenoxy) is 1. The fourth-order valence-electron chi connectivity index (χ4n) is 3.30. The van der Waals surface area contributed by atoms with Gasteiger partial charge in [0, 0.05) is 12.6 Å². The summed E-state index contributed by atoms with van der Waals surface area (Å²) in [6, 6.07) is 6.25. The van der Waals surface area contributed by atoms with Crippen molar-refractivity contribution in [2.45, 2.75) is 25.6 Å². The number of carbonyl (C=O) groups is 1. The fraction of sp³-hybridized carbons (Fsp3) is 0.421. The Morgan fingerprint density at radius 3 is 2.93 bits per heavy atom. The molecule has 0 aromatic heterocycles. The predicted molar refractivity (Wildman–Crippen MR) is 106 cm³/mol. The molecule has 2 heterocycles. The summed E-state index contributed by atoms with van der Waals surface area (Å²) in [6.45, 7) is 2.81. The summed E-state index contributed by atoms with van der Waals surface area (Å²) in [5.74, 6) is -0.540. The number of piperidine rings is 1. The molecule has 1 aromatic rings. The Morgan fingerprint density at radius 1 is 1.50 bits per heavy atom. The van der Waals surface area contributed by atoms with Crippen LogP contribution in [0.3, 0.4) is 0 Å². The van der Waals surface area contributed by atoms with Crippen molar-refractivity contribution in [3.05, 3.63) is 35.7 Å². The molecule has 2 atom stereocenters. The van der Waals surface area contributed by atoms with E-state index in [9.17, 15) is 13.6 Å². The lowest BCUT2D eigenvalue weighted by atomic mass is 10.0. The Hall–Kier alpha value is -2.73. The molecule has 0 saturated carbocycles. The van der Waals surface area contributed by atoms with Crippen LogP contribution in [0.1, 0.15) is 13.3 Å². The third kappa shape index (κ3) is 4.39. The van der Waals surface area contributed by atoms with Crippen molar-refractivity contribution in [2.75, 3.05) is 36.0 Å². The molecule has 2 aliphatic heterocycles. The Kier molecular flexibility index (Phi) is 6.09. The Labute approximate surface area is 167 Å². The van der Waals surface area contributed by atoms with Crippen LogP contribution in [-0.4, -0.2) is 49.5 Å². The number of nitrogens with zero attached hydrogens (tertiary/aromatic N) is 3. The highest BCUT2D eigenvalue weighted by molar-refractivity contribution is 7.80. The molecule has 6 nitrogen and oxygen atoms in total. The van der Waals surface area contributed by atoms with Gasteiger partial charge in [0.25, 0.3) is 0 Å². The van der Waals surface area contributed by atoms with Crippen molar-refractivity contribution in [1.29, 1.82) is 5.26 Å². The maximum absolute atomic E-state index is 14.7.